The first-order valence-electron chi connectivity index (χ1n) is 9.37. The van der Waals surface area contributed by atoms with Crippen LogP contribution in [0.25, 0.3) is 0 Å². The molecule has 1 heterocycles. The van der Waals surface area contributed by atoms with Crippen LogP contribution in [0.2, 0.25) is 0 Å². The molecule has 5 nitrogen and oxygen atoms in total. The third-order valence-electron chi connectivity index (χ3n) is 4.56. The van der Waals surface area contributed by atoms with E-state index in [0.29, 0.717) is 17.9 Å². The first-order chi connectivity index (χ1) is 13.4. The Kier molecular flexibility index (Phi) is 6.29. The lowest BCUT2D eigenvalue weighted by Crippen LogP contribution is -2.29. The van der Waals surface area contributed by atoms with Crippen LogP contribution in [0.3, 0.4) is 0 Å². The highest BCUT2D eigenvalue weighted by Crippen LogP contribution is 2.46. The maximum atomic E-state index is 12.8. The van der Waals surface area contributed by atoms with Crippen molar-refractivity contribution in [1.82, 2.24) is 0 Å². The van der Waals surface area contributed by atoms with Crippen molar-refractivity contribution in [2.24, 2.45) is 5.92 Å². The number of hydrogen-bond donors (Lipinski definition) is 1. The van der Waals surface area contributed by atoms with Crippen LogP contribution < -0.4 is 15.0 Å². The predicted octanol–water partition coefficient (Wildman–Crippen LogP) is 4.77. The zero-order valence-corrected chi connectivity index (χ0v) is 17.5. The van der Waals surface area contributed by atoms with Crippen LogP contribution in [0.1, 0.15) is 36.8 Å². The highest BCUT2D eigenvalue weighted by molar-refractivity contribution is 8.00. The molecule has 1 unspecified atom stereocenters. The molecule has 1 atom stereocenters. The van der Waals surface area contributed by atoms with Gasteiger partial charge in [-0.05, 0) is 36.6 Å². The van der Waals surface area contributed by atoms with E-state index >= 15 is 0 Å². The largest absolute Gasteiger partial charge is 0.495 e. The van der Waals surface area contributed by atoms with Crippen LogP contribution in [0.15, 0.2) is 42.5 Å². The molecule has 1 N–H and O–H groups in total. The summed E-state index contributed by atoms with van der Waals surface area (Å²) in [4.78, 5) is 26.9. The Morgan fingerprint density at radius 1 is 1.29 bits per heavy atom. The summed E-state index contributed by atoms with van der Waals surface area (Å²) in [6, 6.07) is 13.5. The summed E-state index contributed by atoms with van der Waals surface area (Å²) in [7, 11) is 1.61. The molecule has 1 aliphatic heterocycles. The van der Waals surface area contributed by atoms with Crippen molar-refractivity contribution < 1.29 is 14.3 Å². The average molecular weight is 399 g/mol. The molecule has 0 aromatic heterocycles. The molecule has 2 aromatic carbocycles. The number of carbonyl (C=O) groups is 2. The van der Waals surface area contributed by atoms with Crippen molar-refractivity contribution in [1.29, 1.82) is 0 Å². The van der Waals surface area contributed by atoms with Gasteiger partial charge >= 0.3 is 0 Å². The average Bonchev–Trinajstić information content (AvgIpc) is 3.02. The number of ether oxygens (including phenoxy) is 1. The Labute approximate surface area is 170 Å². The van der Waals surface area contributed by atoms with Gasteiger partial charge in [-0.25, -0.2) is 0 Å². The van der Waals surface area contributed by atoms with Crippen LogP contribution in [-0.2, 0) is 9.59 Å². The third kappa shape index (κ3) is 4.33. The normalized spacial score (nSPS) is 16.5. The Balaban J connectivity index is 1.98. The Morgan fingerprint density at radius 2 is 2.04 bits per heavy atom. The highest BCUT2D eigenvalue weighted by Gasteiger charge is 2.37. The van der Waals surface area contributed by atoms with Gasteiger partial charge in [0.05, 0.1) is 18.6 Å². The lowest BCUT2D eigenvalue weighted by Gasteiger charge is -2.27. The first kappa shape index (κ1) is 20.3. The number of methoxy groups -OCH3 is 1. The maximum Gasteiger partial charge on any atom is 0.238 e. The molecule has 3 rings (SSSR count). The van der Waals surface area contributed by atoms with Crippen molar-refractivity contribution >= 4 is 35.0 Å². The molecule has 1 aliphatic rings. The van der Waals surface area contributed by atoms with Gasteiger partial charge in [-0.3, -0.25) is 14.5 Å². The molecule has 1 saturated heterocycles. The van der Waals surface area contributed by atoms with Crippen LogP contribution in [-0.4, -0.2) is 24.7 Å². The van der Waals surface area contributed by atoms with Gasteiger partial charge < -0.3 is 10.1 Å². The third-order valence-corrected chi connectivity index (χ3v) is 5.75. The van der Waals surface area contributed by atoms with Gasteiger partial charge in [-0.1, -0.05) is 38.1 Å². The molecule has 0 radical (unpaired) electrons. The lowest BCUT2D eigenvalue weighted by atomic mass is 10.1. The summed E-state index contributed by atoms with van der Waals surface area (Å²) in [6.07, 6.45) is 0.459. The van der Waals surface area contributed by atoms with E-state index < -0.39 is 0 Å². The van der Waals surface area contributed by atoms with E-state index in [9.17, 15) is 9.59 Å². The molecule has 6 heteroatoms. The maximum absolute atomic E-state index is 12.8. The standard InChI is InChI=1S/C22H26N2O3S/c1-14(2)11-20(25)23-17-8-6-5-7-16(17)22-24(21(26)13-28-22)18-12-15(3)9-10-19(18)27-4/h5-10,12,14,22H,11,13H2,1-4H3,(H,23,25). The molecule has 0 saturated carbocycles. The van der Waals surface area contributed by atoms with Gasteiger partial charge in [0.1, 0.15) is 11.1 Å². The molecular weight excluding hydrogens is 372 g/mol. The van der Waals surface area contributed by atoms with Gasteiger partial charge in [0.25, 0.3) is 0 Å². The number of amides is 2. The van der Waals surface area contributed by atoms with E-state index in [2.05, 4.69) is 5.32 Å². The van der Waals surface area contributed by atoms with E-state index in [-0.39, 0.29) is 23.1 Å². The van der Waals surface area contributed by atoms with Crippen molar-refractivity contribution in [2.75, 3.05) is 23.1 Å². The van der Waals surface area contributed by atoms with Crippen LogP contribution >= 0.6 is 11.8 Å². The Bertz CT molecular complexity index is 882. The fraction of sp³-hybridized carbons (Fsp3) is 0.364. The monoisotopic (exact) mass is 398 g/mol. The number of anilines is 2. The van der Waals surface area contributed by atoms with Crippen LogP contribution in [0.5, 0.6) is 5.75 Å². The molecular formula is C22H26N2O3S. The number of nitrogens with zero attached hydrogens (tertiary/aromatic N) is 1. The molecule has 1 fully saturated rings. The van der Waals surface area contributed by atoms with Gasteiger partial charge in [0.15, 0.2) is 0 Å². The fourth-order valence-corrected chi connectivity index (χ4v) is 4.51. The van der Waals surface area contributed by atoms with E-state index in [4.69, 9.17) is 4.74 Å². The summed E-state index contributed by atoms with van der Waals surface area (Å²) >= 11 is 1.56. The minimum Gasteiger partial charge on any atom is -0.495 e. The Hall–Kier alpha value is -2.47. The molecule has 0 bridgehead atoms. The number of thioether (sulfide) groups is 1. The molecule has 2 aromatic rings. The fourth-order valence-electron chi connectivity index (χ4n) is 3.30. The number of carbonyl (C=O) groups excluding carboxylic acids is 2. The van der Waals surface area contributed by atoms with Crippen molar-refractivity contribution in [3.05, 3.63) is 53.6 Å². The first-order valence-corrected chi connectivity index (χ1v) is 10.4. The quantitative estimate of drug-likeness (QED) is 0.762. The highest BCUT2D eigenvalue weighted by atomic mass is 32.2. The van der Waals surface area contributed by atoms with Crippen LogP contribution in [0.4, 0.5) is 11.4 Å². The number of rotatable bonds is 6. The van der Waals surface area contributed by atoms with E-state index in [1.807, 2.05) is 63.2 Å². The number of aryl methyl sites for hydroxylation is 1. The van der Waals surface area contributed by atoms with Gasteiger partial charge in [-0.15, -0.1) is 11.8 Å². The van der Waals surface area contributed by atoms with Crippen LogP contribution in [0, 0.1) is 12.8 Å². The minimum atomic E-state index is -0.223. The van der Waals surface area contributed by atoms with Crippen molar-refractivity contribution in [3.63, 3.8) is 0 Å². The SMILES string of the molecule is COc1ccc(C)cc1N1C(=O)CSC1c1ccccc1NC(=O)CC(C)C. The van der Waals surface area contributed by atoms with Crippen molar-refractivity contribution in [2.45, 2.75) is 32.6 Å². The van der Waals surface area contributed by atoms with Gasteiger partial charge in [0.2, 0.25) is 11.8 Å². The summed E-state index contributed by atoms with van der Waals surface area (Å²) in [5.74, 6) is 1.34. The van der Waals surface area contributed by atoms with Gasteiger partial charge in [0, 0.05) is 17.7 Å². The second-order valence-corrected chi connectivity index (χ2v) is 8.40. The van der Waals surface area contributed by atoms with E-state index in [1.165, 1.54) is 0 Å². The lowest BCUT2D eigenvalue weighted by molar-refractivity contribution is -0.117. The minimum absolute atomic E-state index is 0.0172. The molecule has 2 amide bonds. The second-order valence-electron chi connectivity index (χ2n) is 7.34. The van der Waals surface area contributed by atoms with E-state index in [0.717, 1.165) is 22.5 Å². The number of para-hydroxylation sites is 1. The summed E-state index contributed by atoms with van der Waals surface area (Å²) in [5.41, 5.74) is 3.47. The zero-order valence-electron chi connectivity index (χ0n) is 16.7. The smallest absolute Gasteiger partial charge is 0.238 e. The summed E-state index contributed by atoms with van der Waals surface area (Å²) in [5, 5.41) is 2.80. The van der Waals surface area contributed by atoms with Crippen molar-refractivity contribution in [3.8, 4) is 5.75 Å². The molecule has 0 spiro atoms. The van der Waals surface area contributed by atoms with Gasteiger partial charge in [-0.2, -0.15) is 0 Å². The van der Waals surface area contributed by atoms with E-state index in [1.54, 1.807) is 23.8 Å². The second kappa shape index (κ2) is 8.69. The number of hydrogen-bond acceptors (Lipinski definition) is 4. The topological polar surface area (TPSA) is 58.6 Å². The zero-order chi connectivity index (χ0) is 20.3. The Morgan fingerprint density at radius 3 is 2.75 bits per heavy atom. The molecule has 0 aliphatic carbocycles. The molecule has 28 heavy (non-hydrogen) atoms. The predicted molar refractivity (Wildman–Crippen MR) is 115 cm³/mol. The number of benzene rings is 2. The summed E-state index contributed by atoms with van der Waals surface area (Å²) in [6.45, 7) is 6.02. The molecule has 148 valence electrons. The number of nitrogens with one attached hydrogen (secondary N) is 1. The summed E-state index contributed by atoms with van der Waals surface area (Å²) < 4.78 is 5.51.